The van der Waals surface area contributed by atoms with Crippen LogP contribution in [-0.4, -0.2) is 4.98 Å². The average Bonchev–Trinajstić information content (AvgIpc) is 2.49. The highest BCUT2D eigenvalue weighted by atomic mass is 15.2. The largest absolute Gasteiger partial charge is 0.271 e. The Hall–Kier alpha value is -1.45. The number of pyridine rings is 1. The standard InChI is InChI=1S/C18H25N3/c1-18(2)10-6-5-8-15(18)17(21-19)14-11-13-7-3-4-9-16(13)20-12-14/h3-4,7,9,11-12,15,17,21H,5-6,8,10,19H2,1-2H3. The molecule has 3 N–H and O–H groups in total. The Morgan fingerprint density at radius 1 is 1.29 bits per heavy atom. The Kier molecular flexibility index (Phi) is 3.96. The molecule has 1 aromatic heterocycles. The second-order valence-corrected chi connectivity index (χ2v) is 6.95. The van der Waals surface area contributed by atoms with Crippen molar-refractivity contribution in [3.8, 4) is 0 Å². The second-order valence-electron chi connectivity index (χ2n) is 6.95. The molecule has 1 fully saturated rings. The molecular formula is C18H25N3. The van der Waals surface area contributed by atoms with Crippen LogP contribution in [0, 0.1) is 11.3 Å². The van der Waals surface area contributed by atoms with Gasteiger partial charge in [0.25, 0.3) is 0 Å². The van der Waals surface area contributed by atoms with Crippen molar-refractivity contribution in [2.75, 3.05) is 0 Å². The number of nitrogens with one attached hydrogen (secondary N) is 1. The van der Waals surface area contributed by atoms with Gasteiger partial charge in [-0.25, -0.2) is 0 Å². The lowest BCUT2D eigenvalue weighted by atomic mass is 9.65. The average molecular weight is 283 g/mol. The molecule has 3 rings (SSSR count). The molecule has 2 atom stereocenters. The van der Waals surface area contributed by atoms with Gasteiger partial charge in [0.2, 0.25) is 0 Å². The van der Waals surface area contributed by atoms with E-state index in [1.807, 2.05) is 12.3 Å². The Balaban J connectivity index is 1.97. The van der Waals surface area contributed by atoms with Gasteiger partial charge in [0, 0.05) is 11.6 Å². The summed E-state index contributed by atoms with van der Waals surface area (Å²) in [5.41, 5.74) is 5.64. The summed E-state index contributed by atoms with van der Waals surface area (Å²) < 4.78 is 0. The number of para-hydroxylation sites is 1. The molecule has 0 spiro atoms. The van der Waals surface area contributed by atoms with Crippen molar-refractivity contribution >= 4 is 10.9 Å². The summed E-state index contributed by atoms with van der Waals surface area (Å²) in [4.78, 5) is 4.60. The van der Waals surface area contributed by atoms with Gasteiger partial charge in [0.1, 0.15) is 0 Å². The number of hydrogen-bond donors (Lipinski definition) is 2. The summed E-state index contributed by atoms with van der Waals surface area (Å²) in [6.45, 7) is 4.74. The van der Waals surface area contributed by atoms with Crippen molar-refractivity contribution in [3.05, 3.63) is 42.1 Å². The van der Waals surface area contributed by atoms with Gasteiger partial charge in [-0.1, -0.05) is 44.9 Å². The smallest absolute Gasteiger partial charge is 0.0702 e. The van der Waals surface area contributed by atoms with E-state index in [2.05, 4.69) is 48.5 Å². The lowest BCUT2D eigenvalue weighted by molar-refractivity contribution is 0.0982. The highest BCUT2D eigenvalue weighted by Crippen LogP contribution is 2.46. The van der Waals surface area contributed by atoms with Gasteiger partial charge in [-0.2, -0.15) is 0 Å². The summed E-state index contributed by atoms with van der Waals surface area (Å²) in [7, 11) is 0. The van der Waals surface area contributed by atoms with Crippen LogP contribution in [0.25, 0.3) is 10.9 Å². The lowest BCUT2D eigenvalue weighted by Gasteiger charge is -2.43. The van der Waals surface area contributed by atoms with E-state index in [-0.39, 0.29) is 6.04 Å². The zero-order valence-electron chi connectivity index (χ0n) is 13.0. The quantitative estimate of drug-likeness (QED) is 0.662. The van der Waals surface area contributed by atoms with Gasteiger partial charge in [0.05, 0.1) is 11.6 Å². The SMILES string of the molecule is CC1(C)CCCCC1C(NN)c1cnc2ccccc2c1. The molecule has 2 aromatic rings. The van der Waals surface area contributed by atoms with Crippen molar-refractivity contribution in [3.63, 3.8) is 0 Å². The highest BCUT2D eigenvalue weighted by molar-refractivity contribution is 5.78. The molecule has 0 aliphatic heterocycles. The van der Waals surface area contributed by atoms with Gasteiger partial charge in [-0.15, -0.1) is 0 Å². The van der Waals surface area contributed by atoms with Crippen LogP contribution in [-0.2, 0) is 0 Å². The van der Waals surface area contributed by atoms with E-state index in [0.29, 0.717) is 11.3 Å². The third kappa shape index (κ3) is 2.81. The van der Waals surface area contributed by atoms with Crippen LogP contribution < -0.4 is 11.3 Å². The van der Waals surface area contributed by atoms with E-state index in [4.69, 9.17) is 5.84 Å². The van der Waals surface area contributed by atoms with Gasteiger partial charge < -0.3 is 0 Å². The third-order valence-electron chi connectivity index (χ3n) is 5.14. The first kappa shape index (κ1) is 14.5. The fourth-order valence-corrected chi connectivity index (χ4v) is 3.84. The van der Waals surface area contributed by atoms with Crippen LogP contribution in [0.5, 0.6) is 0 Å². The molecule has 0 bridgehead atoms. The van der Waals surface area contributed by atoms with Crippen LogP contribution in [0.2, 0.25) is 0 Å². The molecular weight excluding hydrogens is 258 g/mol. The third-order valence-corrected chi connectivity index (χ3v) is 5.14. The number of nitrogens with zero attached hydrogens (tertiary/aromatic N) is 1. The van der Waals surface area contributed by atoms with Gasteiger partial charge in [-0.3, -0.25) is 16.3 Å². The first-order chi connectivity index (χ1) is 10.1. The van der Waals surface area contributed by atoms with Crippen LogP contribution in [0.3, 0.4) is 0 Å². The van der Waals surface area contributed by atoms with E-state index in [1.165, 1.54) is 36.6 Å². The lowest BCUT2D eigenvalue weighted by Crippen LogP contribution is -2.41. The van der Waals surface area contributed by atoms with Crippen LogP contribution in [0.4, 0.5) is 0 Å². The second kappa shape index (κ2) is 5.74. The molecule has 0 amide bonds. The monoisotopic (exact) mass is 283 g/mol. The van der Waals surface area contributed by atoms with E-state index in [9.17, 15) is 0 Å². The maximum Gasteiger partial charge on any atom is 0.0702 e. The normalized spacial score (nSPS) is 23.1. The molecule has 1 aromatic carbocycles. The Bertz CT molecular complexity index is 621. The number of fused-ring (bicyclic) bond motifs is 1. The molecule has 1 heterocycles. The van der Waals surface area contributed by atoms with E-state index < -0.39 is 0 Å². The molecule has 2 unspecified atom stereocenters. The van der Waals surface area contributed by atoms with Gasteiger partial charge in [-0.05, 0) is 41.9 Å². The molecule has 3 nitrogen and oxygen atoms in total. The summed E-state index contributed by atoms with van der Waals surface area (Å²) in [5.74, 6) is 6.48. The van der Waals surface area contributed by atoms with E-state index in [0.717, 1.165) is 5.52 Å². The zero-order chi connectivity index (χ0) is 14.9. The Morgan fingerprint density at radius 2 is 2.10 bits per heavy atom. The summed E-state index contributed by atoms with van der Waals surface area (Å²) >= 11 is 0. The van der Waals surface area contributed by atoms with Crippen LogP contribution in [0.15, 0.2) is 36.5 Å². The fourth-order valence-electron chi connectivity index (χ4n) is 3.84. The molecule has 21 heavy (non-hydrogen) atoms. The number of benzene rings is 1. The minimum atomic E-state index is 0.178. The van der Waals surface area contributed by atoms with Crippen molar-refractivity contribution in [1.29, 1.82) is 0 Å². The number of nitrogens with two attached hydrogens (primary N) is 1. The minimum absolute atomic E-state index is 0.178. The zero-order valence-corrected chi connectivity index (χ0v) is 13.0. The number of aromatic nitrogens is 1. The topological polar surface area (TPSA) is 50.9 Å². The molecule has 112 valence electrons. The molecule has 0 saturated heterocycles. The van der Waals surface area contributed by atoms with Crippen molar-refractivity contribution < 1.29 is 0 Å². The summed E-state index contributed by atoms with van der Waals surface area (Å²) in [5, 5.41) is 1.18. The van der Waals surface area contributed by atoms with Crippen molar-refractivity contribution in [1.82, 2.24) is 10.4 Å². The molecule has 1 saturated carbocycles. The van der Waals surface area contributed by atoms with E-state index >= 15 is 0 Å². The Labute approximate surface area is 126 Å². The van der Waals surface area contributed by atoms with Gasteiger partial charge in [0.15, 0.2) is 0 Å². The Morgan fingerprint density at radius 3 is 2.86 bits per heavy atom. The van der Waals surface area contributed by atoms with Crippen LogP contribution in [0.1, 0.15) is 51.1 Å². The van der Waals surface area contributed by atoms with Gasteiger partial charge >= 0.3 is 0 Å². The minimum Gasteiger partial charge on any atom is -0.271 e. The number of rotatable bonds is 3. The van der Waals surface area contributed by atoms with E-state index in [1.54, 1.807) is 0 Å². The maximum absolute atomic E-state index is 5.92. The molecule has 0 radical (unpaired) electrons. The molecule has 3 heteroatoms. The predicted molar refractivity (Wildman–Crippen MR) is 87.5 cm³/mol. The predicted octanol–water partition coefficient (Wildman–Crippen LogP) is 3.96. The summed E-state index contributed by atoms with van der Waals surface area (Å²) in [6, 6.07) is 10.7. The maximum atomic E-state index is 5.92. The summed E-state index contributed by atoms with van der Waals surface area (Å²) in [6.07, 6.45) is 7.12. The van der Waals surface area contributed by atoms with Crippen LogP contribution >= 0.6 is 0 Å². The number of hydrazine groups is 1. The fraction of sp³-hybridized carbons (Fsp3) is 0.500. The first-order valence-electron chi connectivity index (χ1n) is 7.93. The molecule has 1 aliphatic rings. The first-order valence-corrected chi connectivity index (χ1v) is 7.93. The highest BCUT2D eigenvalue weighted by Gasteiger charge is 2.37. The number of hydrogen-bond acceptors (Lipinski definition) is 3. The molecule has 1 aliphatic carbocycles. The van der Waals surface area contributed by atoms with Crippen molar-refractivity contribution in [2.24, 2.45) is 17.2 Å². The van der Waals surface area contributed by atoms with Crippen molar-refractivity contribution in [2.45, 2.75) is 45.6 Å².